The lowest BCUT2D eigenvalue weighted by Gasteiger charge is -2.17. The van der Waals surface area contributed by atoms with Gasteiger partial charge in [-0.3, -0.25) is 14.2 Å². The normalized spacial score (nSPS) is 11.0. The predicted octanol–water partition coefficient (Wildman–Crippen LogP) is 3.44. The number of hydrogen-bond donors (Lipinski definition) is 1. The summed E-state index contributed by atoms with van der Waals surface area (Å²) in [6.07, 6.45) is 4.72. The van der Waals surface area contributed by atoms with Gasteiger partial charge in [0.05, 0.1) is 46.3 Å². The first-order chi connectivity index (χ1) is 17.7. The average Bonchev–Trinajstić information content (AvgIpc) is 3.21. The molecule has 10 nitrogen and oxygen atoms in total. The molecule has 0 aliphatic carbocycles. The molecule has 37 heavy (non-hydrogen) atoms. The highest BCUT2D eigenvalue weighted by Crippen LogP contribution is 2.29. The van der Waals surface area contributed by atoms with Crippen molar-refractivity contribution < 1.29 is 4.39 Å². The van der Waals surface area contributed by atoms with Crippen molar-refractivity contribution in [3.63, 3.8) is 0 Å². The first kappa shape index (κ1) is 23.9. The molecule has 0 saturated heterocycles. The van der Waals surface area contributed by atoms with Crippen molar-refractivity contribution in [3.05, 3.63) is 103 Å². The molecular formula is C25H18ClFN8O2. The maximum Gasteiger partial charge on any atom is 0.359 e. The first-order valence-corrected chi connectivity index (χ1v) is 11.4. The highest BCUT2D eigenvalue weighted by Gasteiger charge is 2.18. The zero-order valence-electron chi connectivity index (χ0n) is 19.6. The average molecular weight is 517 g/mol. The van der Waals surface area contributed by atoms with Crippen molar-refractivity contribution in [3.8, 4) is 11.8 Å². The predicted molar refractivity (Wildman–Crippen MR) is 136 cm³/mol. The van der Waals surface area contributed by atoms with Crippen molar-refractivity contribution >= 4 is 34.1 Å². The maximum absolute atomic E-state index is 14.7. The summed E-state index contributed by atoms with van der Waals surface area (Å²) < 4.78 is 18.3. The minimum atomic E-state index is -0.860. The van der Waals surface area contributed by atoms with Crippen LogP contribution in [0.3, 0.4) is 0 Å². The number of pyridine rings is 1. The van der Waals surface area contributed by atoms with Crippen LogP contribution in [0.15, 0.2) is 64.6 Å². The van der Waals surface area contributed by atoms with Gasteiger partial charge in [-0.15, -0.1) is 0 Å². The Morgan fingerprint density at radius 3 is 2.73 bits per heavy atom. The molecule has 0 amide bonds. The third-order valence-corrected chi connectivity index (χ3v) is 5.96. The summed E-state index contributed by atoms with van der Waals surface area (Å²) in [5.41, 5.74) is 0.590. The van der Waals surface area contributed by atoms with Gasteiger partial charge in [0.1, 0.15) is 5.82 Å². The molecule has 0 aliphatic rings. The van der Waals surface area contributed by atoms with Crippen LogP contribution < -0.4 is 16.7 Å². The van der Waals surface area contributed by atoms with E-state index in [0.717, 1.165) is 26.2 Å². The fourth-order valence-electron chi connectivity index (χ4n) is 3.94. The van der Waals surface area contributed by atoms with E-state index in [4.69, 9.17) is 11.6 Å². The molecule has 0 radical (unpaired) electrons. The van der Waals surface area contributed by atoms with Crippen LogP contribution in [-0.4, -0.2) is 28.9 Å². The monoisotopic (exact) mass is 516 g/mol. The molecule has 5 aromatic rings. The third kappa shape index (κ3) is 4.57. The molecule has 0 unspecified atom stereocenters. The lowest BCUT2D eigenvalue weighted by Crippen LogP contribution is -2.42. The molecule has 1 N–H and O–H groups in total. The van der Waals surface area contributed by atoms with E-state index in [1.54, 1.807) is 49.2 Å². The number of aryl methyl sites for hydroxylation is 2. The zero-order chi connectivity index (χ0) is 26.3. The van der Waals surface area contributed by atoms with E-state index in [9.17, 15) is 19.2 Å². The quantitative estimate of drug-likeness (QED) is 0.379. The number of fused-ring (bicyclic) bond motifs is 1. The molecule has 0 bridgehead atoms. The van der Waals surface area contributed by atoms with Crippen LogP contribution in [0.1, 0.15) is 16.7 Å². The first-order valence-electron chi connectivity index (χ1n) is 11.0. The van der Waals surface area contributed by atoms with Gasteiger partial charge in [-0.2, -0.15) is 15.3 Å². The van der Waals surface area contributed by atoms with Crippen LogP contribution in [0.2, 0.25) is 5.02 Å². The van der Waals surface area contributed by atoms with Crippen LogP contribution in [-0.2, 0) is 13.6 Å². The number of rotatable bonds is 5. The molecular weight excluding hydrogens is 499 g/mol. The molecule has 3 aromatic heterocycles. The number of nitriles is 1. The Kier molecular flexibility index (Phi) is 6.02. The summed E-state index contributed by atoms with van der Waals surface area (Å²) in [6.45, 7) is 1.45. The number of halogens is 2. The van der Waals surface area contributed by atoms with Crippen LogP contribution in [0.4, 0.5) is 16.0 Å². The molecule has 0 spiro atoms. The van der Waals surface area contributed by atoms with Crippen molar-refractivity contribution in [1.29, 1.82) is 5.26 Å². The minimum Gasteiger partial charge on any atom is -0.324 e. The summed E-state index contributed by atoms with van der Waals surface area (Å²) in [5.74, 6) is -0.777. The van der Waals surface area contributed by atoms with Gasteiger partial charge >= 0.3 is 11.4 Å². The second-order valence-electron chi connectivity index (χ2n) is 8.38. The standard InChI is InChI=1S/C25H18ClFN8O2/c1-14-5-18(11-29-10-14)35-24(36)31-23(30-22-7-17-12-33(2)32-21(17)8-19(22)26)34(25(35)37)13-16-6-15(9-28)3-4-20(16)27/h3-8,10-12H,13H2,1-2H3,(H,30,31,36). The second-order valence-corrected chi connectivity index (χ2v) is 8.79. The number of anilines is 2. The van der Waals surface area contributed by atoms with E-state index in [-0.39, 0.29) is 34.3 Å². The Hall–Kier alpha value is -4.82. The Balaban J connectivity index is 1.70. The smallest absolute Gasteiger partial charge is 0.324 e. The van der Waals surface area contributed by atoms with Gasteiger partial charge in [0, 0.05) is 30.4 Å². The van der Waals surface area contributed by atoms with Gasteiger partial charge in [0.25, 0.3) is 0 Å². The Morgan fingerprint density at radius 1 is 1.16 bits per heavy atom. The summed E-state index contributed by atoms with van der Waals surface area (Å²) in [5, 5.41) is 17.5. The molecule has 12 heteroatoms. The number of hydrogen-bond acceptors (Lipinski definition) is 7. The fourth-order valence-corrected chi connectivity index (χ4v) is 4.14. The van der Waals surface area contributed by atoms with Crippen LogP contribution in [0.5, 0.6) is 0 Å². The maximum atomic E-state index is 14.7. The third-order valence-electron chi connectivity index (χ3n) is 5.65. The summed E-state index contributed by atoms with van der Waals surface area (Å²) >= 11 is 6.45. The second kappa shape index (κ2) is 9.33. The van der Waals surface area contributed by atoms with E-state index in [0.29, 0.717) is 11.2 Å². The van der Waals surface area contributed by atoms with Crippen molar-refractivity contribution in [1.82, 2.24) is 28.9 Å². The van der Waals surface area contributed by atoms with E-state index >= 15 is 0 Å². The van der Waals surface area contributed by atoms with Crippen LogP contribution in [0, 0.1) is 24.1 Å². The van der Waals surface area contributed by atoms with E-state index in [1.807, 2.05) is 6.07 Å². The fraction of sp³-hybridized carbons (Fsp3) is 0.120. The van der Waals surface area contributed by atoms with Gasteiger partial charge in [0.2, 0.25) is 5.95 Å². The molecule has 0 saturated carbocycles. The van der Waals surface area contributed by atoms with E-state index in [2.05, 4.69) is 20.4 Å². The molecule has 0 aliphatic heterocycles. The summed E-state index contributed by atoms with van der Waals surface area (Å²) in [7, 11) is 1.77. The van der Waals surface area contributed by atoms with Crippen molar-refractivity contribution in [2.75, 3.05) is 5.32 Å². The van der Waals surface area contributed by atoms with Gasteiger partial charge < -0.3 is 5.32 Å². The highest BCUT2D eigenvalue weighted by molar-refractivity contribution is 6.34. The number of nitrogens with zero attached hydrogens (tertiary/aromatic N) is 7. The Labute approximate surface area is 213 Å². The number of nitrogens with one attached hydrogen (secondary N) is 1. The van der Waals surface area contributed by atoms with Gasteiger partial charge in [0.15, 0.2) is 0 Å². The van der Waals surface area contributed by atoms with E-state index < -0.39 is 17.2 Å². The van der Waals surface area contributed by atoms with Gasteiger partial charge in [-0.25, -0.2) is 18.5 Å². The number of benzene rings is 2. The van der Waals surface area contributed by atoms with Gasteiger partial charge in [-0.05, 0) is 48.9 Å². The molecule has 2 aromatic carbocycles. The van der Waals surface area contributed by atoms with Crippen LogP contribution in [0.25, 0.3) is 16.6 Å². The summed E-state index contributed by atoms with van der Waals surface area (Å²) in [6, 6.07) is 10.7. The van der Waals surface area contributed by atoms with E-state index in [1.165, 1.54) is 18.3 Å². The van der Waals surface area contributed by atoms with Crippen molar-refractivity contribution in [2.24, 2.45) is 7.05 Å². The van der Waals surface area contributed by atoms with Crippen molar-refractivity contribution in [2.45, 2.75) is 13.5 Å². The Morgan fingerprint density at radius 2 is 1.97 bits per heavy atom. The zero-order valence-corrected chi connectivity index (χ0v) is 20.4. The minimum absolute atomic E-state index is 0.0624. The largest absolute Gasteiger partial charge is 0.359 e. The Bertz CT molecular complexity index is 1850. The van der Waals surface area contributed by atoms with Crippen LogP contribution >= 0.6 is 11.6 Å². The van der Waals surface area contributed by atoms with Gasteiger partial charge in [-0.1, -0.05) is 11.6 Å². The molecule has 0 atom stereocenters. The highest BCUT2D eigenvalue weighted by atomic mass is 35.5. The SMILES string of the molecule is Cc1cncc(-n2c(=O)nc(Nc3cc4cn(C)nc4cc3Cl)n(Cc3cc(C#N)ccc3F)c2=O)c1. The molecule has 3 heterocycles. The lowest BCUT2D eigenvalue weighted by atomic mass is 10.1. The molecule has 0 fully saturated rings. The molecule has 184 valence electrons. The summed E-state index contributed by atoms with van der Waals surface area (Å²) in [4.78, 5) is 34.9. The topological polar surface area (TPSA) is 123 Å². The lowest BCUT2D eigenvalue weighted by molar-refractivity contribution is 0.584. The molecule has 5 rings (SSSR count). The number of aromatic nitrogens is 6.